The Balaban J connectivity index is 1.55. The summed E-state index contributed by atoms with van der Waals surface area (Å²) in [7, 11) is 0. The van der Waals surface area contributed by atoms with Gasteiger partial charge in [-0.1, -0.05) is 60.7 Å². The predicted molar refractivity (Wildman–Crippen MR) is 113 cm³/mol. The maximum atomic E-state index is 12.0. The largest absolute Gasteiger partial charge is 0.358 e. The third kappa shape index (κ3) is 5.33. The fourth-order valence-corrected chi connectivity index (χ4v) is 3.97. The Morgan fingerprint density at radius 2 is 1.81 bits per heavy atom. The fourth-order valence-electron chi connectivity index (χ4n) is 3.97. The molecular weight excluding hydrogens is 412 g/mol. The van der Waals surface area contributed by atoms with E-state index in [1.54, 1.807) is 0 Å². The van der Waals surface area contributed by atoms with E-state index in [0.29, 0.717) is 0 Å². The summed E-state index contributed by atoms with van der Waals surface area (Å²) in [4.78, 5) is 12.0. The molecule has 168 valence electrons. The van der Waals surface area contributed by atoms with Crippen molar-refractivity contribution in [3.63, 3.8) is 0 Å². The Hall–Kier alpha value is -2.80. The van der Waals surface area contributed by atoms with Crippen LogP contribution in [0.1, 0.15) is 24.3 Å². The molecule has 1 amide bonds. The van der Waals surface area contributed by atoms with Crippen molar-refractivity contribution in [2.45, 2.75) is 50.5 Å². The van der Waals surface area contributed by atoms with Crippen molar-refractivity contribution in [3.8, 4) is 6.07 Å². The van der Waals surface area contributed by atoms with Crippen LogP contribution in [0.25, 0.3) is 0 Å². The van der Waals surface area contributed by atoms with Crippen molar-refractivity contribution < 1.29 is 28.5 Å². The molecule has 0 aromatic heterocycles. The summed E-state index contributed by atoms with van der Waals surface area (Å²) in [5.41, 5.74) is 1.83. The van der Waals surface area contributed by atoms with Crippen LogP contribution in [0, 0.1) is 11.3 Å². The first-order chi connectivity index (χ1) is 15.7. The standard InChI is InChI=1S/C24H26N2O6/c1-16(27)26-20-22(28-13-12-25)21-19(15-30-23(32-21)18-10-6-3-7-11-18)31-24(20)29-14-17-8-4-2-5-9-17/h2-11,19-24H,13-15H2,1H3,(H,26,27)/t19-,20+,21-,22+,23-,24-/m1/s1. The molecule has 0 unspecified atom stereocenters. The third-order valence-corrected chi connectivity index (χ3v) is 5.38. The van der Waals surface area contributed by atoms with Gasteiger partial charge in [0.2, 0.25) is 5.91 Å². The molecule has 32 heavy (non-hydrogen) atoms. The minimum absolute atomic E-state index is 0.157. The van der Waals surface area contributed by atoms with Crippen molar-refractivity contribution in [1.29, 1.82) is 5.26 Å². The molecule has 8 nitrogen and oxygen atoms in total. The van der Waals surface area contributed by atoms with Crippen molar-refractivity contribution in [3.05, 3.63) is 71.8 Å². The first-order valence-electron chi connectivity index (χ1n) is 10.5. The number of hydrogen-bond acceptors (Lipinski definition) is 7. The van der Waals surface area contributed by atoms with Gasteiger partial charge in [0.1, 0.15) is 31.0 Å². The Morgan fingerprint density at radius 1 is 1.09 bits per heavy atom. The van der Waals surface area contributed by atoms with E-state index >= 15 is 0 Å². The molecule has 2 saturated heterocycles. The average molecular weight is 438 g/mol. The van der Waals surface area contributed by atoms with E-state index in [2.05, 4.69) is 5.32 Å². The maximum Gasteiger partial charge on any atom is 0.217 e. The van der Waals surface area contributed by atoms with Crippen LogP contribution in [0.3, 0.4) is 0 Å². The van der Waals surface area contributed by atoms with Crippen molar-refractivity contribution >= 4 is 5.91 Å². The topological polar surface area (TPSA) is 99.0 Å². The smallest absolute Gasteiger partial charge is 0.217 e. The molecule has 2 aliphatic rings. The minimum Gasteiger partial charge on any atom is -0.358 e. The van der Waals surface area contributed by atoms with Gasteiger partial charge in [0.15, 0.2) is 12.6 Å². The summed E-state index contributed by atoms with van der Waals surface area (Å²) in [6.45, 7) is 1.81. The highest BCUT2D eigenvalue weighted by Gasteiger charge is 2.51. The van der Waals surface area contributed by atoms with Gasteiger partial charge in [0.25, 0.3) is 0 Å². The van der Waals surface area contributed by atoms with E-state index in [9.17, 15) is 4.79 Å². The van der Waals surface area contributed by atoms with Gasteiger partial charge in [0, 0.05) is 12.5 Å². The normalized spacial score (nSPS) is 29.5. The monoisotopic (exact) mass is 438 g/mol. The lowest BCUT2D eigenvalue weighted by molar-refractivity contribution is -0.348. The summed E-state index contributed by atoms with van der Waals surface area (Å²) in [6, 6.07) is 20.5. The Labute approximate surface area is 187 Å². The fraction of sp³-hybridized carbons (Fsp3) is 0.417. The van der Waals surface area contributed by atoms with Crippen molar-refractivity contribution in [2.24, 2.45) is 0 Å². The van der Waals surface area contributed by atoms with E-state index in [1.165, 1.54) is 6.92 Å². The highest BCUT2D eigenvalue weighted by atomic mass is 16.7. The van der Waals surface area contributed by atoms with Crippen LogP contribution in [0.4, 0.5) is 0 Å². The second-order valence-electron chi connectivity index (χ2n) is 7.68. The van der Waals surface area contributed by atoms with Gasteiger partial charge >= 0.3 is 0 Å². The molecule has 0 saturated carbocycles. The number of rotatable bonds is 7. The summed E-state index contributed by atoms with van der Waals surface area (Å²) in [5.74, 6) is -0.261. The van der Waals surface area contributed by atoms with E-state index in [-0.39, 0.29) is 25.7 Å². The predicted octanol–water partition coefficient (Wildman–Crippen LogP) is 2.46. The third-order valence-electron chi connectivity index (χ3n) is 5.38. The van der Waals surface area contributed by atoms with Gasteiger partial charge in [-0.15, -0.1) is 0 Å². The number of amides is 1. The molecule has 1 N–H and O–H groups in total. The number of benzene rings is 2. The number of nitrogens with zero attached hydrogens (tertiary/aromatic N) is 1. The van der Waals surface area contributed by atoms with Gasteiger partial charge in [-0.2, -0.15) is 5.26 Å². The molecule has 0 bridgehead atoms. The lowest BCUT2D eigenvalue weighted by Gasteiger charge is -2.49. The highest BCUT2D eigenvalue weighted by Crippen LogP contribution is 2.35. The van der Waals surface area contributed by atoms with Crippen LogP contribution in [0.2, 0.25) is 0 Å². The molecule has 0 spiro atoms. The van der Waals surface area contributed by atoms with Crippen LogP contribution in [0.5, 0.6) is 0 Å². The molecule has 2 heterocycles. The quantitative estimate of drug-likeness (QED) is 0.709. The molecule has 0 radical (unpaired) electrons. The number of nitrogens with one attached hydrogen (secondary N) is 1. The average Bonchev–Trinajstić information content (AvgIpc) is 2.82. The minimum atomic E-state index is -0.801. The van der Waals surface area contributed by atoms with Gasteiger partial charge < -0.3 is 29.0 Å². The van der Waals surface area contributed by atoms with E-state index < -0.39 is 36.9 Å². The van der Waals surface area contributed by atoms with Gasteiger partial charge in [-0.3, -0.25) is 4.79 Å². The molecule has 2 aliphatic heterocycles. The van der Waals surface area contributed by atoms with E-state index in [1.807, 2.05) is 66.7 Å². The highest BCUT2D eigenvalue weighted by molar-refractivity contribution is 5.73. The van der Waals surface area contributed by atoms with Gasteiger partial charge in [0.05, 0.1) is 19.3 Å². The van der Waals surface area contributed by atoms with Crippen molar-refractivity contribution in [2.75, 3.05) is 13.2 Å². The van der Waals surface area contributed by atoms with Crippen LogP contribution >= 0.6 is 0 Å². The second kappa shape index (κ2) is 10.7. The lowest BCUT2D eigenvalue weighted by Crippen LogP contribution is -2.67. The van der Waals surface area contributed by atoms with Gasteiger partial charge in [-0.05, 0) is 5.56 Å². The van der Waals surface area contributed by atoms with Crippen LogP contribution < -0.4 is 5.32 Å². The Bertz CT molecular complexity index is 919. The maximum absolute atomic E-state index is 12.0. The number of carbonyl (C=O) groups excluding carboxylic acids is 1. The van der Waals surface area contributed by atoms with Crippen molar-refractivity contribution in [1.82, 2.24) is 5.32 Å². The second-order valence-corrected chi connectivity index (χ2v) is 7.68. The Morgan fingerprint density at radius 3 is 2.50 bits per heavy atom. The molecular formula is C24H26N2O6. The summed E-state index contributed by atoms with van der Waals surface area (Å²) in [5, 5.41) is 12.0. The first-order valence-corrected chi connectivity index (χ1v) is 10.5. The number of ether oxygens (including phenoxy) is 5. The van der Waals surface area contributed by atoms with Gasteiger partial charge in [-0.25, -0.2) is 0 Å². The molecule has 0 aliphatic carbocycles. The number of hydrogen-bond donors (Lipinski definition) is 1. The molecule has 6 atom stereocenters. The SMILES string of the molecule is CC(=O)N[C@@H]1[C@H](OCc2ccccc2)O[C@@H]2CO[C@@H](c3ccccc3)O[C@H]2[C@H]1OCC#N. The molecule has 2 fully saturated rings. The summed E-state index contributed by atoms with van der Waals surface area (Å²) >= 11 is 0. The van der Waals surface area contributed by atoms with Crippen LogP contribution in [-0.4, -0.2) is 49.8 Å². The number of fused-ring (bicyclic) bond motifs is 1. The van der Waals surface area contributed by atoms with Crippen LogP contribution in [0.15, 0.2) is 60.7 Å². The van der Waals surface area contributed by atoms with E-state index in [4.69, 9.17) is 28.9 Å². The zero-order valence-electron chi connectivity index (χ0n) is 17.8. The first kappa shape index (κ1) is 22.4. The molecule has 2 aromatic carbocycles. The zero-order chi connectivity index (χ0) is 22.3. The zero-order valence-corrected chi connectivity index (χ0v) is 17.8. The Kier molecular flexibility index (Phi) is 7.47. The molecule has 4 rings (SSSR count). The number of carbonyl (C=O) groups is 1. The van der Waals surface area contributed by atoms with Crippen LogP contribution in [-0.2, 0) is 35.1 Å². The molecule has 8 heteroatoms. The lowest BCUT2D eigenvalue weighted by atomic mass is 9.95. The summed E-state index contributed by atoms with van der Waals surface area (Å²) in [6.07, 6.45) is -3.10. The summed E-state index contributed by atoms with van der Waals surface area (Å²) < 4.78 is 30.2. The molecule has 2 aromatic rings. The van der Waals surface area contributed by atoms with E-state index in [0.717, 1.165) is 11.1 Å². The number of nitriles is 1.